The van der Waals surface area contributed by atoms with Gasteiger partial charge in [-0.1, -0.05) is 18.2 Å². The van der Waals surface area contributed by atoms with Gasteiger partial charge >= 0.3 is 0 Å². The maximum Gasteiger partial charge on any atom is 0.119 e. The zero-order chi connectivity index (χ0) is 16.5. The van der Waals surface area contributed by atoms with Crippen LogP contribution in [-0.2, 0) is 11.3 Å². The molecule has 1 heterocycles. The first kappa shape index (κ1) is 17.9. The van der Waals surface area contributed by atoms with Crippen molar-refractivity contribution in [2.24, 2.45) is 0 Å². The van der Waals surface area contributed by atoms with Crippen molar-refractivity contribution in [1.82, 2.24) is 4.90 Å². The van der Waals surface area contributed by atoms with Gasteiger partial charge in [0.15, 0.2) is 0 Å². The van der Waals surface area contributed by atoms with Crippen LogP contribution in [-0.4, -0.2) is 49.5 Å². The summed E-state index contributed by atoms with van der Waals surface area (Å²) in [6.07, 6.45) is -0.534. The van der Waals surface area contributed by atoms with Crippen molar-refractivity contribution in [3.8, 4) is 5.75 Å². The fraction of sp³-hybridized carbons (Fsp3) is 0.444. The Morgan fingerprint density at radius 1 is 1.17 bits per heavy atom. The molecule has 0 bridgehead atoms. The summed E-state index contributed by atoms with van der Waals surface area (Å²) in [5.41, 5.74) is 0. The molecule has 1 aromatic carbocycles. The molecule has 0 unspecified atom stereocenters. The summed E-state index contributed by atoms with van der Waals surface area (Å²) in [6.45, 7) is 5.22. The van der Waals surface area contributed by atoms with Crippen LogP contribution < -0.4 is 4.74 Å². The lowest BCUT2D eigenvalue weighted by atomic mass is 10.3. The minimum atomic E-state index is -0.534. The molecule has 0 aliphatic rings. The smallest absolute Gasteiger partial charge is 0.119 e. The maximum atomic E-state index is 10.3. The largest absolute Gasteiger partial charge is 0.491 e. The Morgan fingerprint density at radius 3 is 2.61 bits per heavy atom. The highest BCUT2D eigenvalue weighted by atomic mass is 32.1. The number of benzene rings is 1. The molecular formula is C18H25NO3S. The molecule has 0 amide bonds. The number of para-hydroxylation sites is 1. The number of hydrogen-bond donors (Lipinski definition) is 1. The van der Waals surface area contributed by atoms with E-state index in [0.29, 0.717) is 13.2 Å². The molecule has 1 N–H and O–H groups in total. The lowest BCUT2D eigenvalue weighted by molar-refractivity contribution is 0.0546. The first-order valence-electron chi connectivity index (χ1n) is 7.80. The quantitative estimate of drug-likeness (QED) is 0.725. The molecule has 0 aliphatic heterocycles. The molecule has 4 nitrogen and oxygen atoms in total. The predicted octanol–water partition coefficient (Wildman–Crippen LogP) is 2.94. The van der Waals surface area contributed by atoms with Crippen molar-refractivity contribution in [2.75, 3.05) is 33.4 Å². The molecule has 0 fully saturated rings. The second-order valence-electron chi connectivity index (χ2n) is 5.52. The Bertz CT molecular complexity index is 558. The van der Waals surface area contributed by atoms with Crippen LogP contribution in [0, 0.1) is 6.92 Å². The van der Waals surface area contributed by atoms with Gasteiger partial charge in [0.1, 0.15) is 18.5 Å². The number of aryl methyl sites for hydroxylation is 1. The van der Waals surface area contributed by atoms with Gasteiger partial charge in [0.05, 0.1) is 6.61 Å². The Kier molecular flexibility index (Phi) is 7.55. The van der Waals surface area contributed by atoms with Crippen molar-refractivity contribution < 1.29 is 14.6 Å². The van der Waals surface area contributed by atoms with Crippen molar-refractivity contribution in [3.05, 3.63) is 52.2 Å². The summed E-state index contributed by atoms with van der Waals surface area (Å²) in [6, 6.07) is 13.8. The number of methoxy groups -OCH3 is 1. The average molecular weight is 335 g/mol. The van der Waals surface area contributed by atoms with Crippen LogP contribution >= 0.6 is 11.3 Å². The van der Waals surface area contributed by atoms with Crippen molar-refractivity contribution in [2.45, 2.75) is 19.6 Å². The minimum absolute atomic E-state index is 0.289. The maximum absolute atomic E-state index is 10.3. The van der Waals surface area contributed by atoms with Crippen LogP contribution in [0.25, 0.3) is 0 Å². The Labute approximate surface area is 142 Å². The molecule has 0 radical (unpaired) electrons. The molecule has 1 atom stereocenters. The van der Waals surface area contributed by atoms with Gasteiger partial charge in [0.25, 0.3) is 0 Å². The van der Waals surface area contributed by atoms with Crippen molar-refractivity contribution in [3.63, 3.8) is 0 Å². The molecule has 2 aromatic rings. The standard InChI is InChI=1S/C18H25NO3S/c1-15-8-9-18(23-15)13-19(10-11-21-2)12-16(20)14-22-17-6-4-3-5-7-17/h3-9,16,20H,10-14H2,1-2H3/t16-/m0/s1. The lowest BCUT2D eigenvalue weighted by Crippen LogP contribution is -2.37. The molecule has 0 spiro atoms. The number of thiophene rings is 1. The van der Waals surface area contributed by atoms with Crippen LogP contribution in [0.2, 0.25) is 0 Å². The van der Waals surface area contributed by atoms with Crippen LogP contribution in [0.15, 0.2) is 42.5 Å². The van der Waals surface area contributed by atoms with Gasteiger partial charge in [-0.25, -0.2) is 0 Å². The summed E-state index contributed by atoms with van der Waals surface area (Å²) < 4.78 is 10.8. The Morgan fingerprint density at radius 2 is 1.96 bits per heavy atom. The number of aliphatic hydroxyl groups is 1. The number of ether oxygens (including phenoxy) is 2. The van der Waals surface area contributed by atoms with E-state index in [2.05, 4.69) is 24.0 Å². The summed E-state index contributed by atoms with van der Waals surface area (Å²) >= 11 is 1.79. The summed E-state index contributed by atoms with van der Waals surface area (Å²) in [5.74, 6) is 0.781. The van der Waals surface area contributed by atoms with Crippen molar-refractivity contribution >= 4 is 11.3 Å². The van der Waals surface area contributed by atoms with Gasteiger partial charge in [-0.2, -0.15) is 0 Å². The zero-order valence-electron chi connectivity index (χ0n) is 13.8. The lowest BCUT2D eigenvalue weighted by Gasteiger charge is -2.24. The van der Waals surface area contributed by atoms with Gasteiger partial charge in [0, 0.05) is 36.5 Å². The molecular weight excluding hydrogens is 310 g/mol. The number of aliphatic hydroxyl groups excluding tert-OH is 1. The van der Waals surface area contributed by atoms with E-state index in [1.807, 2.05) is 30.3 Å². The third-order valence-corrected chi connectivity index (χ3v) is 4.43. The van der Waals surface area contributed by atoms with E-state index in [9.17, 15) is 5.11 Å². The topological polar surface area (TPSA) is 41.9 Å². The average Bonchev–Trinajstić information content (AvgIpc) is 2.96. The second-order valence-corrected chi connectivity index (χ2v) is 6.89. The Balaban J connectivity index is 1.83. The number of rotatable bonds is 10. The van der Waals surface area contributed by atoms with Crippen LogP contribution in [0.1, 0.15) is 9.75 Å². The highest BCUT2D eigenvalue weighted by Crippen LogP contribution is 2.17. The van der Waals surface area contributed by atoms with Gasteiger partial charge in [0.2, 0.25) is 0 Å². The molecule has 23 heavy (non-hydrogen) atoms. The van der Waals surface area contributed by atoms with Crippen LogP contribution in [0.3, 0.4) is 0 Å². The highest BCUT2D eigenvalue weighted by Gasteiger charge is 2.14. The van der Waals surface area contributed by atoms with E-state index in [1.165, 1.54) is 9.75 Å². The van der Waals surface area contributed by atoms with Gasteiger partial charge in [-0.15, -0.1) is 11.3 Å². The molecule has 2 rings (SSSR count). The van der Waals surface area contributed by atoms with E-state index in [0.717, 1.165) is 18.8 Å². The van der Waals surface area contributed by atoms with Gasteiger partial charge < -0.3 is 14.6 Å². The summed E-state index contributed by atoms with van der Waals surface area (Å²) in [4.78, 5) is 4.81. The monoisotopic (exact) mass is 335 g/mol. The van der Waals surface area contributed by atoms with Crippen LogP contribution in [0.5, 0.6) is 5.75 Å². The SMILES string of the molecule is COCCN(Cc1ccc(C)s1)C[C@H](O)COc1ccccc1. The summed E-state index contributed by atoms with van der Waals surface area (Å²) in [7, 11) is 1.70. The fourth-order valence-corrected chi connectivity index (χ4v) is 3.24. The van der Waals surface area contributed by atoms with Gasteiger partial charge in [-0.3, -0.25) is 4.90 Å². The summed E-state index contributed by atoms with van der Waals surface area (Å²) in [5, 5.41) is 10.3. The van der Waals surface area contributed by atoms with E-state index in [-0.39, 0.29) is 6.61 Å². The molecule has 0 aliphatic carbocycles. The molecule has 126 valence electrons. The zero-order valence-corrected chi connectivity index (χ0v) is 14.6. The first-order chi connectivity index (χ1) is 11.2. The third kappa shape index (κ3) is 6.71. The normalized spacial score (nSPS) is 12.5. The minimum Gasteiger partial charge on any atom is -0.491 e. The number of nitrogens with zero attached hydrogens (tertiary/aromatic N) is 1. The van der Waals surface area contributed by atoms with Crippen LogP contribution in [0.4, 0.5) is 0 Å². The highest BCUT2D eigenvalue weighted by molar-refractivity contribution is 7.11. The molecule has 0 saturated heterocycles. The van der Waals surface area contributed by atoms with E-state index in [1.54, 1.807) is 18.4 Å². The second kappa shape index (κ2) is 9.67. The molecule has 0 saturated carbocycles. The van der Waals surface area contributed by atoms with E-state index >= 15 is 0 Å². The first-order valence-corrected chi connectivity index (χ1v) is 8.61. The van der Waals surface area contributed by atoms with E-state index < -0.39 is 6.10 Å². The molecule has 5 heteroatoms. The number of hydrogen-bond acceptors (Lipinski definition) is 5. The van der Waals surface area contributed by atoms with Gasteiger partial charge in [-0.05, 0) is 31.2 Å². The fourth-order valence-electron chi connectivity index (χ4n) is 2.31. The Hall–Kier alpha value is -1.40. The van der Waals surface area contributed by atoms with Crippen molar-refractivity contribution in [1.29, 1.82) is 0 Å². The third-order valence-electron chi connectivity index (χ3n) is 3.44. The predicted molar refractivity (Wildman–Crippen MR) is 94.2 cm³/mol. The molecule has 1 aromatic heterocycles. The van der Waals surface area contributed by atoms with E-state index in [4.69, 9.17) is 9.47 Å².